The topological polar surface area (TPSA) is 39.5 Å². The summed E-state index contributed by atoms with van der Waals surface area (Å²) in [5.74, 6) is 0. The van der Waals surface area contributed by atoms with Crippen molar-refractivity contribution in [1.82, 2.24) is 9.80 Å². The van der Waals surface area contributed by atoms with Crippen molar-refractivity contribution in [3.63, 3.8) is 0 Å². The van der Waals surface area contributed by atoms with Crippen LogP contribution < -0.4 is 0 Å². The summed E-state index contributed by atoms with van der Waals surface area (Å²) in [7, 11) is 0. The van der Waals surface area contributed by atoms with Crippen molar-refractivity contribution in [2.45, 2.75) is 25.7 Å². The zero-order chi connectivity index (χ0) is 13.8. The minimum Gasteiger partial charge on any atom is -0.299 e. The first-order valence-corrected chi connectivity index (χ1v) is 5.84. The fourth-order valence-corrected chi connectivity index (χ4v) is 1.89. The highest BCUT2D eigenvalue weighted by atomic mass is 19.4. The lowest BCUT2D eigenvalue weighted by molar-refractivity contribution is -0.325. The van der Waals surface area contributed by atoms with Crippen LogP contribution in [0.15, 0.2) is 0 Å². The Kier molecular flexibility index (Phi) is 4.96. The second kappa shape index (κ2) is 5.87. The fourth-order valence-electron chi connectivity index (χ4n) is 1.89. The second-order valence-corrected chi connectivity index (χ2v) is 4.79. The minimum absolute atomic E-state index is 0.264. The normalized spacial score (nSPS) is 19.8. The average Bonchev–Trinajstić information content (AvgIpc) is 2.28. The molecule has 0 amide bonds. The first kappa shape index (κ1) is 15.2. The van der Waals surface area contributed by atoms with Gasteiger partial charge in [0.15, 0.2) is 0 Å². The molecule has 0 aromatic carbocycles. The van der Waals surface area contributed by atoms with Crippen LogP contribution in [0, 0.1) is 11.3 Å². The number of nitriles is 1. The summed E-state index contributed by atoms with van der Waals surface area (Å²) in [4.78, 5) is 3.95. The zero-order valence-electron chi connectivity index (χ0n) is 10.6. The van der Waals surface area contributed by atoms with Crippen molar-refractivity contribution < 1.29 is 17.9 Å². The highest BCUT2D eigenvalue weighted by molar-refractivity contribution is 5.02. The molecule has 1 aliphatic heterocycles. The van der Waals surface area contributed by atoms with Crippen LogP contribution in [0.5, 0.6) is 0 Å². The number of rotatable bonds is 4. The average molecular weight is 265 g/mol. The summed E-state index contributed by atoms with van der Waals surface area (Å²) in [6, 6.07) is 2.22. The number of ether oxygens (including phenoxy) is 1. The van der Waals surface area contributed by atoms with Gasteiger partial charge in [0.1, 0.15) is 5.54 Å². The number of hydrogen-bond donors (Lipinski definition) is 0. The monoisotopic (exact) mass is 265 g/mol. The maximum absolute atomic E-state index is 11.8. The molecule has 1 saturated heterocycles. The van der Waals surface area contributed by atoms with Crippen LogP contribution in [0.25, 0.3) is 0 Å². The third-order valence-electron chi connectivity index (χ3n) is 3.11. The first-order valence-electron chi connectivity index (χ1n) is 5.84. The standard InChI is InChI=1S/C11H18F3N3O/c1-10(2,9-15)17-5-3-16(4-6-17)7-8-18-11(12,13)14/h3-8H2,1-2H3. The summed E-state index contributed by atoms with van der Waals surface area (Å²) in [5, 5.41) is 8.99. The summed E-state index contributed by atoms with van der Waals surface area (Å²) in [5.41, 5.74) is -0.519. The Labute approximate surface area is 105 Å². The Balaban J connectivity index is 2.26. The van der Waals surface area contributed by atoms with Gasteiger partial charge >= 0.3 is 6.36 Å². The van der Waals surface area contributed by atoms with E-state index in [2.05, 4.69) is 10.8 Å². The predicted molar refractivity (Wildman–Crippen MR) is 59.7 cm³/mol. The van der Waals surface area contributed by atoms with E-state index in [9.17, 15) is 13.2 Å². The Bertz CT molecular complexity index is 304. The molecule has 0 aromatic rings. The Morgan fingerprint density at radius 2 is 1.72 bits per heavy atom. The van der Waals surface area contributed by atoms with Crippen molar-refractivity contribution in [1.29, 1.82) is 5.26 Å². The molecule has 1 fully saturated rings. The molecule has 0 unspecified atom stereocenters. The Morgan fingerprint density at radius 1 is 1.17 bits per heavy atom. The van der Waals surface area contributed by atoms with E-state index in [0.717, 1.165) is 0 Å². The molecule has 0 radical (unpaired) electrons. The number of piperazine rings is 1. The van der Waals surface area contributed by atoms with Gasteiger partial charge in [-0.3, -0.25) is 14.5 Å². The maximum Gasteiger partial charge on any atom is 0.522 e. The van der Waals surface area contributed by atoms with Gasteiger partial charge in [0.25, 0.3) is 0 Å². The summed E-state index contributed by atoms with van der Waals surface area (Å²) >= 11 is 0. The van der Waals surface area contributed by atoms with Crippen LogP contribution in [-0.4, -0.2) is 61.0 Å². The highest BCUT2D eigenvalue weighted by Gasteiger charge is 2.31. The first-order chi connectivity index (χ1) is 8.24. The molecule has 0 bridgehead atoms. The van der Waals surface area contributed by atoms with Crippen LogP contribution >= 0.6 is 0 Å². The van der Waals surface area contributed by atoms with E-state index in [1.807, 2.05) is 23.6 Å². The van der Waals surface area contributed by atoms with Crippen LogP contribution in [-0.2, 0) is 4.74 Å². The van der Waals surface area contributed by atoms with Crippen LogP contribution in [0.2, 0.25) is 0 Å². The molecule has 0 aromatic heterocycles. The van der Waals surface area contributed by atoms with E-state index in [-0.39, 0.29) is 13.2 Å². The van der Waals surface area contributed by atoms with Crippen molar-refractivity contribution in [3.05, 3.63) is 0 Å². The van der Waals surface area contributed by atoms with Crippen molar-refractivity contribution >= 4 is 0 Å². The molecule has 7 heteroatoms. The summed E-state index contributed by atoms with van der Waals surface area (Å²) in [6.45, 7) is 6.30. The van der Waals surface area contributed by atoms with E-state index in [1.165, 1.54) is 0 Å². The molecule has 1 rings (SSSR count). The van der Waals surface area contributed by atoms with Gasteiger partial charge in [-0.25, -0.2) is 0 Å². The van der Waals surface area contributed by atoms with Gasteiger partial charge in [0, 0.05) is 32.7 Å². The van der Waals surface area contributed by atoms with E-state index in [0.29, 0.717) is 26.2 Å². The number of nitrogens with zero attached hydrogens (tertiary/aromatic N) is 3. The van der Waals surface area contributed by atoms with Gasteiger partial charge in [-0.2, -0.15) is 5.26 Å². The van der Waals surface area contributed by atoms with Gasteiger partial charge in [-0.15, -0.1) is 13.2 Å². The molecule has 0 N–H and O–H groups in total. The molecule has 0 spiro atoms. The lowest BCUT2D eigenvalue weighted by Gasteiger charge is -2.40. The third-order valence-corrected chi connectivity index (χ3v) is 3.11. The summed E-state index contributed by atoms with van der Waals surface area (Å²) < 4.78 is 39.1. The highest BCUT2D eigenvalue weighted by Crippen LogP contribution is 2.17. The number of halogens is 3. The molecule has 1 aliphatic rings. The van der Waals surface area contributed by atoms with E-state index in [1.54, 1.807) is 0 Å². The molecular formula is C11H18F3N3O. The number of hydrogen-bond acceptors (Lipinski definition) is 4. The van der Waals surface area contributed by atoms with E-state index >= 15 is 0 Å². The van der Waals surface area contributed by atoms with E-state index < -0.39 is 11.9 Å². The Hall–Kier alpha value is -0.840. The fraction of sp³-hybridized carbons (Fsp3) is 0.909. The van der Waals surface area contributed by atoms with Gasteiger partial charge in [0.05, 0.1) is 12.7 Å². The van der Waals surface area contributed by atoms with Gasteiger partial charge in [0.2, 0.25) is 0 Å². The molecule has 4 nitrogen and oxygen atoms in total. The SMILES string of the molecule is CC(C)(C#N)N1CCN(CCOC(F)(F)F)CC1. The zero-order valence-corrected chi connectivity index (χ0v) is 10.6. The lowest BCUT2D eigenvalue weighted by atomic mass is 10.0. The molecular weight excluding hydrogens is 247 g/mol. The predicted octanol–water partition coefficient (Wildman–Crippen LogP) is 1.44. The van der Waals surface area contributed by atoms with Crippen LogP contribution in [0.1, 0.15) is 13.8 Å². The van der Waals surface area contributed by atoms with Gasteiger partial charge in [-0.1, -0.05) is 0 Å². The third kappa shape index (κ3) is 4.80. The lowest BCUT2D eigenvalue weighted by Crippen LogP contribution is -2.54. The summed E-state index contributed by atoms with van der Waals surface area (Å²) in [6.07, 6.45) is -4.55. The van der Waals surface area contributed by atoms with Crippen molar-refractivity contribution in [2.75, 3.05) is 39.3 Å². The smallest absolute Gasteiger partial charge is 0.299 e. The molecule has 0 saturated carbocycles. The number of alkyl halides is 3. The van der Waals surface area contributed by atoms with Crippen molar-refractivity contribution in [2.24, 2.45) is 0 Å². The van der Waals surface area contributed by atoms with Crippen LogP contribution in [0.3, 0.4) is 0 Å². The molecule has 1 heterocycles. The molecule has 104 valence electrons. The second-order valence-electron chi connectivity index (χ2n) is 4.79. The quantitative estimate of drug-likeness (QED) is 0.771. The van der Waals surface area contributed by atoms with Gasteiger partial charge in [-0.05, 0) is 13.8 Å². The Morgan fingerprint density at radius 3 is 2.17 bits per heavy atom. The molecule has 0 atom stereocenters. The molecule has 0 aliphatic carbocycles. The van der Waals surface area contributed by atoms with Gasteiger partial charge < -0.3 is 0 Å². The van der Waals surface area contributed by atoms with Crippen LogP contribution in [0.4, 0.5) is 13.2 Å². The maximum atomic E-state index is 11.8. The largest absolute Gasteiger partial charge is 0.522 e. The minimum atomic E-state index is -4.55. The van der Waals surface area contributed by atoms with E-state index in [4.69, 9.17) is 5.26 Å². The molecule has 18 heavy (non-hydrogen) atoms. The van der Waals surface area contributed by atoms with Crippen molar-refractivity contribution in [3.8, 4) is 6.07 Å².